The Balaban J connectivity index is 2.11. The minimum absolute atomic E-state index is 0.251. The molecule has 2 rings (SSSR count). The van der Waals surface area contributed by atoms with Crippen molar-refractivity contribution in [1.29, 1.82) is 0 Å². The average Bonchev–Trinajstić information content (AvgIpc) is 3.05. The number of nitrogens with two attached hydrogens (primary N) is 1. The Morgan fingerprint density at radius 1 is 1.40 bits per heavy atom. The summed E-state index contributed by atoms with van der Waals surface area (Å²) in [4.78, 5) is 14.1. The zero-order valence-electron chi connectivity index (χ0n) is 12.1. The molecule has 0 bridgehead atoms. The van der Waals surface area contributed by atoms with E-state index in [-0.39, 0.29) is 6.09 Å². The van der Waals surface area contributed by atoms with E-state index in [1.54, 1.807) is 4.90 Å². The van der Waals surface area contributed by atoms with Gasteiger partial charge in [-0.05, 0) is 57.4 Å². The fraction of sp³-hybridized carbons (Fsp3) is 0.533. The van der Waals surface area contributed by atoms with Gasteiger partial charge in [-0.1, -0.05) is 15.9 Å². The monoisotopic (exact) mass is 340 g/mol. The number of hydrogen-bond acceptors (Lipinski definition) is 3. The van der Waals surface area contributed by atoms with Crippen LogP contribution < -0.4 is 5.73 Å². The number of benzene rings is 1. The first-order valence-electron chi connectivity index (χ1n) is 6.79. The third kappa shape index (κ3) is 4.40. The second-order valence-corrected chi connectivity index (χ2v) is 7.15. The lowest BCUT2D eigenvalue weighted by Gasteiger charge is -2.27. The van der Waals surface area contributed by atoms with Gasteiger partial charge in [-0.3, -0.25) is 0 Å². The minimum Gasteiger partial charge on any atom is -0.444 e. The van der Waals surface area contributed by atoms with Gasteiger partial charge in [-0.15, -0.1) is 0 Å². The summed E-state index contributed by atoms with van der Waals surface area (Å²) in [6.07, 6.45) is 1.84. The van der Waals surface area contributed by atoms with Crippen molar-refractivity contribution >= 4 is 27.7 Å². The van der Waals surface area contributed by atoms with Gasteiger partial charge >= 0.3 is 6.09 Å². The number of carbonyl (C=O) groups is 1. The maximum atomic E-state index is 12.3. The summed E-state index contributed by atoms with van der Waals surface area (Å²) in [5.41, 5.74) is 7.07. The summed E-state index contributed by atoms with van der Waals surface area (Å²) in [7, 11) is 0. The second kappa shape index (κ2) is 5.64. The van der Waals surface area contributed by atoms with Crippen LogP contribution in [0.15, 0.2) is 22.7 Å². The van der Waals surface area contributed by atoms with Gasteiger partial charge in [-0.25, -0.2) is 4.79 Å². The number of amides is 1. The zero-order valence-corrected chi connectivity index (χ0v) is 13.7. The van der Waals surface area contributed by atoms with Crippen LogP contribution in [0.1, 0.15) is 39.2 Å². The predicted molar refractivity (Wildman–Crippen MR) is 83.4 cm³/mol. The van der Waals surface area contributed by atoms with Crippen molar-refractivity contribution in [3.63, 3.8) is 0 Å². The molecule has 0 aliphatic heterocycles. The van der Waals surface area contributed by atoms with Crippen LogP contribution in [0.3, 0.4) is 0 Å². The molecule has 0 unspecified atom stereocenters. The number of halogens is 1. The van der Waals surface area contributed by atoms with Gasteiger partial charge in [0.25, 0.3) is 0 Å². The number of nitrogens with zero attached hydrogens (tertiary/aromatic N) is 1. The Bertz CT molecular complexity index is 487. The number of nitrogen functional groups attached to an aromatic ring is 1. The van der Waals surface area contributed by atoms with Crippen molar-refractivity contribution in [2.75, 3.05) is 5.73 Å². The molecule has 0 saturated heterocycles. The van der Waals surface area contributed by atoms with Gasteiger partial charge in [0.15, 0.2) is 0 Å². The Morgan fingerprint density at radius 3 is 2.55 bits per heavy atom. The Hall–Kier alpha value is -1.23. The van der Waals surface area contributed by atoms with E-state index < -0.39 is 5.60 Å². The van der Waals surface area contributed by atoms with Crippen molar-refractivity contribution in [3.8, 4) is 0 Å². The standard InChI is InChI=1S/C15H21BrN2O2/c1-15(2,3)20-14(19)18(13-4-5-13)9-10-6-11(16)8-12(17)7-10/h6-8,13H,4-5,9,17H2,1-3H3. The summed E-state index contributed by atoms with van der Waals surface area (Å²) < 4.78 is 6.40. The number of rotatable bonds is 3. The van der Waals surface area contributed by atoms with Crippen LogP contribution in [0.4, 0.5) is 10.5 Å². The van der Waals surface area contributed by atoms with Gasteiger partial charge in [0.2, 0.25) is 0 Å². The highest BCUT2D eigenvalue weighted by atomic mass is 79.9. The fourth-order valence-electron chi connectivity index (χ4n) is 2.01. The van der Waals surface area contributed by atoms with E-state index in [1.165, 1.54) is 0 Å². The number of hydrogen-bond donors (Lipinski definition) is 1. The molecule has 1 saturated carbocycles. The van der Waals surface area contributed by atoms with Gasteiger partial charge in [0.1, 0.15) is 5.60 Å². The van der Waals surface area contributed by atoms with E-state index in [1.807, 2.05) is 39.0 Å². The van der Waals surface area contributed by atoms with Crippen molar-refractivity contribution in [2.45, 2.75) is 51.8 Å². The van der Waals surface area contributed by atoms with Crippen LogP contribution in [0.2, 0.25) is 0 Å². The van der Waals surface area contributed by atoms with Gasteiger partial charge in [-0.2, -0.15) is 0 Å². The zero-order chi connectivity index (χ0) is 14.9. The molecule has 0 aromatic heterocycles. The van der Waals surface area contributed by atoms with Crippen LogP contribution in [-0.4, -0.2) is 22.6 Å². The van der Waals surface area contributed by atoms with Crippen LogP contribution in [0.5, 0.6) is 0 Å². The van der Waals surface area contributed by atoms with E-state index in [9.17, 15) is 4.79 Å². The van der Waals surface area contributed by atoms with Crippen molar-refractivity contribution in [2.24, 2.45) is 0 Å². The fourth-order valence-corrected chi connectivity index (χ4v) is 2.57. The third-order valence-electron chi connectivity index (χ3n) is 2.95. The number of anilines is 1. The highest BCUT2D eigenvalue weighted by molar-refractivity contribution is 9.10. The lowest BCUT2D eigenvalue weighted by atomic mass is 10.2. The highest BCUT2D eigenvalue weighted by Crippen LogP contribution is 2.30. The molecule has 5 heteroatoms. The highest BCUT2D eigenvalue weighted by Gasteiger charge is 2.35. The van der Waals surface area contributed by atoms with E-state index in [0.29, 0.717) is 18.3 Å². The topological polar surface area (TPSA) is 55.6 Å². The molecule has 1 aliphatic rings. The lowest BCUT2D eigenvalue weighted by molar-refractivity contribution is 0.0216. The molecule has 110 valence electrons. The smallest absolute Gasteiger partial charge is 0.410 e. The predicted octanol–water partition coefficient (Wildman–Crippen LogP) is 3.93. The molecule has 4 nitrogen and oxygen atoms in total. The lowest BCUT2D eigenvalue weighted by Crippen LogP contribution is -2.37. The first-order valence-corrected chi connectivity index (χ1v) is 7.58. The van der Waals surface area contributed by atoms with E-state index in [4.69, 9.17) is 10.5 Å². The minimum atomic E-state index is -0.472. The summed E-state index contributed by atoms with van der Waals surface area (Å²) >= 11 is 3.43. The SMILES string of the molecule is CC(C)(C)OC(=O)N(Cc1cc(N)cc(Br)c1)C1CC1. The van der Waals surface area contributed by atoms with Crippen molar-refractivity contribution < 1.29 is 9.53 Å². The summed E-state index contributed by atoms with van der Waals surface area (Å²) in [6.45, 7) is 6.18. The molecule has 0 spiro atoms. The average molecular weight is 341 g/mol. The molecule has 1 fully saturated rings. The van der Waals surface area contributed by atoms with E-state index in [0.717, 1.165) is 22.9 Å². The largest absolute Gasteiger partial charge is 0.444 e. The summed E-state index contributed by atoms with van der Waals surface area (Å²) in [6, 6.07) is 6.02. The van der Waals surface area contributed by atoms with Gasteiger partial charge < -0.3 is 15.4 Å². The molecule has 0 heterocycles. The van der Waals surface area contributed by atoms with Crippen LogP contribution in [0.25, 0.3) is 0 Å². The summed E-state index contributed by atoms with van der Waals surface area (Å²) in [5.74, 6) is 0. The molecule has 1 amide bonds. The van der Waals surface area contributed by atoms with Crippen LogP contribution >= 0.6 is 15.9 Å². The Kier molecular flexibility index (Phi) is 4.28. The second-order valence-electron chi connectivity index (χ2n) is 6.23. The van der Waals surface area contributed by atoms with Crippen molar-refractivity contribution in [3.05, 3.63) is 28.2 Å². The maximum Gasteiger partial charge on any atom is 0.410 e. The molecule has 2 N–H and O–H groups in total. The first-order chi connectivity index (χ1) is 9.24. The molecule has 0 atom stereocenters. The van der Waals surface area contributed by atoms with Gasteiger partial charge in [0, 0.05) is 22.7 Å². The Morgan fingerprint density at radius 2 is 2.05 bits per heavy atom. The molecule has 0 radical (unpaired) electrons. The van der Waals surface area contributed by atoms with E-state index >= 15 is 0 Å². The maximum absolute atomic E-state index is 12.3. The van der Waals surface area contributed by atoms with Crippen molar-refractivity contribution in [1.82, 2.24) is 4.90 Å². The molecular weight excluding hydrogens is 320 g/mol. The van der Waals surface area contributed by atoms with Crippen LogP contribution in [-0.2, 0) is 11.3 Å². The van der Waals surface area contributed by atoms with Crippen LogP contribution in [0, 0.1) is 0 Å². The molecule has 1 aromatic rings. The third-order valence-corrected chi connectivity index (χ3v) is 3.41. The summed E-state index contributed by atoms with van der Waals surface area (Å²) in [5, 5.41) is 0. The number of carbonyl (C=O) groups excluding carboxylic acids is 1. The van der Waals surface area contributed by atoms with E-state index in [2.05, 4.69) is 15.9 Å². The Labute approximate surface area is 128 Å². The molecule has 20 heavy (non-hydrogen) atoms. The van der Waals surface area contributed by atoms with Gasteiger partial charge in [0.05, 0.1) is 0 Å². The molecule has 1 aromatic carbocycles. The quantitative estimate of drug-likeness (QED) is 0.848. The molecule has 1 aliphatic carbocycles. The first kappa shape index (κ1) is 15.2. The normalized spacial score (nSPS) is 15.0. The number of ether oxygens (including phenoxy) is 1. The molecular formula is C15H21BrN2O2.